The highest BCUT2D eigenvalue weighted by atomic mass is 32.1. The molecule has 1 aliphatic rings. The number of hydrogen-bond donors (Lipinski definition) is 0. The first-order valence-corrected chi connectivity index (χ1v) is 12.3. The highest BCUT2D eigenvalue weighted by Gasteiger charge is 2.34. The molecule has 1 aromatic heterocycles. The van der Waals surface area contributed by atoms with Crippen LogP contribution in [0.5, 0.6) is 0 Å². The molecule has 2 aromatic carbocycles. The number of thiophene rings is 1. The van der Waals surface area contributed by atoms with Gasteiger partial charge in [-0.1, -0.05) is 24.3 Å². The maximum atomic E-state index is 13.7. The van der Waals surface area contributed by atoms with E-state index in [0.717, 1.165) is 23.1 Å². The Balaban J connectivity index is 1.61. The molecule has 34 heavy (non-hydrogen) atoms. The van der Waals surface area contributed by atoms with Gasteiger partial charge in [0.25, 0.3) is 5.91 Å². The van der Waals surface area contributed by atoms with Crippen LogP contribution >= 0.6 is 11.3 Å². The number of rotatable bonds is 8. The second-order valence-corrected chi connectivity index (χ2v) is 9.48. The average molecular weight is 481 g/mol. The van der Waals surface area contributed by atoms with Gasteiger partial charge in [-0.05, 0) is 72.2 Å². The predicted octanol–water partition coefficient (Wildman–Crippen LogP) is 4.85. The van der Waals surface area contributed by atoms with E-state index in [1.807, 2.05) is 17.0 Å². The van der Waals surface area contributed by atoms with E-state index in [9.17, 15) is 14.0 Å². The third kappa shape index (κ3) is 5.21. The topological polar surface area (TPSA) is 49.9 Å². The van der Waals surface area contributed by atoms with Gasteiger partial charge >= 0.3 is 0 Å². The molecule has 0 saturated carbocycles. The molecular weight excluding hydrogens is 451 g/mol. The van der Waals surface area contributed by atoms with Gasteiger partial charge in [0.1, 0.15) is 12.4 Å². The number of carbonyl (C=O) groups excluding carboxylic acids is 2. The van der Waals surface area contributed by atoms with Gasteiger partial charge in [0.2, 0.25) is 5.91 Å². The fourth-order valence-electron chi connectivity index (χ4n) is 4.50. The van der Waals surface area contributed by atoms with Crippen molar-refractivity contribution in [3.63, 3.8) is 0 Å². The number of ether oxygens (including phenoxy) is 1. The van der Waals surface area contributed by atoms with Gasteiger partial charge in [0, 0.05) is 37.2 Å². The van der Waals surface area contributed by atoms with Crippen LogP contribution in [0.4, 0.5) is 4.39 Å². The Morgan fingerprint density at radius 3 is 2.62 bits per heavy atom. The quantitative estimate of drug-likeness (QED) is 0.433. The van der Waals surface area contributed by atoms with E-state index in [4.69, 9.17) is 4.74 Å². The number of nitrogens with zero attached hydrogens (tertiary/aromatic N) is 2. The first-order chi connectivity index (χ1) is 16.5. The fourth-order valence-corrected chi connectivity index (χ4v) is 5.40. The third-order valence-electron chi connectivity index (χ3n) is 6.25. The van der Waals surface area contributed by atoms with Crippen LogP contribution in [0.2, 0.25) is 0 Å². The van der Waals surface area contributed by atoms with Crippen molar-refractivity contribution in [3.05, 3.63) is 92.9 Å². The minimum absolute atomic E-state index is 0.0399. The number of halogens is 1. The summed E-state index contributed by atoms with van der Waals surface area (Å²) in [7, 11) is 1.61. The Kier molecular flexibility index (Phi) is 7.75. The molecule has 0 fully saturated rings. The molecule has 2 heterocycles. The Labute approximate surface area is 203 Å². The summed E-state index contributed by atoms with van der Waals surface area (Å²) in [5, 5.41) is 2.08. The first-order valence-electron chi connectivity index (χ1n) is 11.4. The fraction of sp³-hybridized carbons (Fsp3) is 0.333. The standard InChI is InChI=1S/C27H29FN2O3S/c1-19-6-3-4-7-22(19)26-23-13-17-34-24(23)12-15-30(26)25(31)18-29(14-5-16-33-2)27(32)20-8-10-21(28)11-9-20/h3-4,6-11,13,17,26H,5,12,14-16,18H2,1-2H3. The Hall–Kier alpha value is -3.03. The van der Waals surface area contributed by atoms with Crippen molar-refractivity contribution < 1.29 is 18.7 Å². The summed E-state index contributed by atoms with van der Waals surface area (Å²) in [6.07, 6.45) is 1.41. The molecule has 3 aromatic rings. The lowest BCUT2D eigenvalue weighted by atomic mass is 9.90. The Morgan fingerprint density at radius 1 is 1.12 bits per heavy atom. The van der Waals surface area contributed by atoms with Gasteiger partial charge in [0.05, 0.1) is 6.04 Å². The van der Waals surface area contributed by atoms with Gasteiger partial charge in [-0.2, -0.15) is 0 Å². The van der Waals surface area contributed by atoms with Gasteiger partial charge in [-0.3, -0.25) is 9.59 Å². The van der Waals surface area contributed by atoms with Crippen molar-refractivity contribution in [3.8, 4) is 0 Å². The molecule has 0 saturated heterocycles. The SMILES string of the molecule is COCCCN(CC(=O)N1CCc2sccc2C1c1ccccc1C)C(=O)c1ccc(F)cc1. The zero-order chi connectivity index (χ0) is 24.1. The van der Waals surface area contributed by atoms with E-state index in [-0.39, 0.29) is 24.4 Å². The molecule has 0 spiro atoms. The number of benzene rings is 2. The largest absolute Gasteiger partial charge is 0.385 e. The molecule has 0 aliphatic carbocycles. The molecule has 7 heteroatoms. The van der Waals surface area contributed by atoms with Gasteiger partial charge in [-0.15, -0.1) is 11.3 Å². The maximum Gasteiger partial charge on any atom is 0.254 e. The minimum atomic E-state index is -0.403. The number of carbonyl (C=O) groups is 2. The molecule has 178 valence electrons. The molecule has 5 nitrogen and oxygen atoms in total. The highest BCUT2D eigenvalue weighted by Crippen LogP contribution is 2.39. The van der Waals surface area contributed by atoms with Crippen molar-refractivity contribution in [2.75, 3.05) is 33.4 Å². The lowest BCUT2D eigenvalue weighted by Gasteiger charge is -2.38. The van der Waals surface area contributed by atoms with E-state index in [1.54, 1.807) is 23.3 Å². The monoisotopic (exact) mass is 480 g/mol. The molecule has 4 rings (SSSR count). The normalized spacial score (nSPS) is 15.1. The third-order valence-corrected chi connectivity index (χ3v) is 7.25. The number of aryl methyl sites for hydroxylation is 1. The molecule has 0 N–H and O–H groups in total. The second-order valence-electron chi connectivity index (χ2n) is 8.48. The zero-order valence-corrected chi connectivity index (χ0v) is 20.3. The molecule has 2 amide bonds. The summed E-state index contributed by atoms with van der Waals surface area (Å²) in [5.74, 6) is -0.789. The van der Waals surface area contributed by atoms with Crippen molar-refractivity contribution in [1.29, 1.82) is 0 Å². The molecule has 1 aliphatic heterocycles. The smallest absolute Gasteiger partial charge is 0.254 e. The predicted molar refractivity (Wildman–Crippen MR) is 132 cm³/mol. The van der Waals surface area contributed by atoms with E-state index in [1.165, 1.54) is 29.1 Å². The maximum absolute atomic E-state index is 13.7. The average Bonchev–Trinajstić information content (AvgIpc) is 3.32. The second kappa shape index (κ2) is 10.9. The van der Waals surface area contributed by atoms with Crippen molar-refractivity contribution >= 4 is 23.2 Å². The molecule has 0 radical (unpaired) electrons. The summed E-state index contributed by atoms with van der Waals surface area (Å²) in [6, 6.07) is 15.5. The summed E-state index contributed by atoms with van der Waals surface area (Å²) in [5.41, 5.74) is 3.75. The summed E-state index contributed by atoms with van der Waals surface area (Å²) < 4.78 is 18.5. The van der Waals surface area contributed by atoms with Gasteiger partial charge < -0.3 is 14.5 Å². The van der Waals surface area contributed by atoms with Crippen molar-refractivity contribution in [1.82, 2.24) is 9.80 Å². The highest BCUT2D eigenvalue weighted by molar-refractivity contribution is 7.10. The Morgan fingerprint density at radius 2 is 1.88 bits per heavy atom. The first kappa shape index (κ1) is 24.1. The van der Waals surface area contributed by atoms with Crippen LogP contribution in [0.3, 0.4) is 0 Å². The van der Waals surface area contributed by atoms with Crippen molar-refractivity contribution in [2.45, 2.75) is 25.8 Å². The van der Waals surface area contributed by atoms with Crippen LogP contribution in [0.25, 0.3) is 0 Å². The molecule has 1 atom stereocenters. The molecule has 0 bridgehead atoms. The van der Waals surface area contributed by atoms with Crippen LogP contribution in [0.15, 0.2) is 60.0 Å². The van der Waals surface area contributed by atoms with Crippen LogP contribution in [0, 0.1) is 12.7 Å². The minimum Gasteiger partial charge on any atom is -0.385 e. The lowest BCUT2D eigenvalue weighted by molar-refractivity contribution is -0.134. The van der Waals surface area contributed by atoms with Crippen LogP contribution in [-0.4, -0.2) is 55.0 Å². The lowest BCUT2D eigenvalue weighted by Crippen LogP contribution is -2.47. The Bertz CT molecular complexity index is 1140. The van der Waals surface area contributed by atoms with Crippen LogP contribution in [0.1, 0.15) is 44.4 Å². The summed E-state index contributed by atoms with van der Waals surface area (Å²) in [6.45, 7) is 3.48. The van der Waals surface area contributed by atoms with Crippen LogP contribution < -0.4 is 0 Å². The van der Waals surface area contributed by atoms with E-state index in [2.05, 4.69) is 30.5 Å². The number of fused-ring (bicyclic) bond motifs is 1. The van der Waals surface area contributed by atoms with Gasteiger partial charge in [-0.25, -0.2) is 4.39 Å². The van der Waals surface area contributed by atoms with E-state index < -0.39 is 5.82 Å². The summed E-state index contributed by atoms with van der Waals surface area (Å²) in [4.78, 5) is 31.7. The molecule has 1 unspecified atom stereocenters. The number of amides is 2. The van der Waals surface area contributed by atoms with Crippen LogP contribution in [-0.2, 0) is 16.0 Å². The van der Waals surface area contributed by atoms with Crippen molar-refractivity contribution in [2.24, 2.45) is 0 Å². The zero-order valence-electron chi connectivity index (χ0n) is 19.5. The van der Waals surface area contributed by atoms with E-state index in [0.29, 0.717) is 31.7 Å². The molecular formula is C27H29FN2O3S. The van der Waals surface area contributed by atoms with E-state index >= 15 is 0 Å². The number of hydrogen-bond acceptors (Lipinski definition) is 4. The number of methoxy groups -OCH3 is 1. The van der Waals surface area contributed by atoms with Gasteiger partial charge in [0.15, 0.2) is 0 Å². The summed E-state index contributed by atoms with van der Waals surface area (Å²) >= 11 is 1.73.